The van der Waals surface area contributed by atoms with Crippen molar-refractivity contribution >= 4 is 23.4 Å². The van der Waals surface area contributed by atoms with E-state index in [0.29, 0.717) is 36.1 Å². The van der Waals surface area contributed by atoms with Crippen LogP contribution in [0.5, 0.6) is 0 Å². The summed E-state index contributed by atoms with van der Waals surface area (Å²) >= 11 is 5.90. The third kappa shape index (κ3) is 3.46. The number of carbonyl (C=O) groups excluding carboxylic acids is 2. The minimum atomic E-state index is -0.0838. The van der Waals surface area contributed by atoms with Crippen LogP contribution >= 0.6 is 11.6 Å². The van der Waals surface area contributed by atoms with Crippen molar-refractivity contribution in [2.24, 2.45) is 7.05 Å². The Morgan fingerprint density at radius 1 is 1.23 bits per heavy atom. The number of piperazine rings is 1. The molecule has 6 nitrogen and oxygen atoms in total. The molecule has 2 amide bonds. The van der Waals surface area contributed by atoms with Crippen LogP contribution in [0.25, 0.3) is 0 Å². The standard InChI is InChI=1S/C19H21ClN4O2/c1-22-11-16(18(21-22)14-4-5-14)19(26)24-9-8-23(17(25)12-24)10-13-2-6-15(20)7-3-13/h2-3,6-7,11,14H,4-5,8-10,12H2,1H3. The molecule has 1 saturated carbocycles. The second-order valence-electron chi connectivity index (χ2n) is 7.04. The highest BCUT2D eigenvalue weighted by molar-refractivity contribution is 6.30. The summed E-state index contributed by atoms with van der Waals surface area (Å²) in [5, 5.41) is 5.13. The van der Waals surface area contributed by atoms with E-state index in [1.54, 1.807) is 20.7 Å². The molecular formula is C19H21ClN4O2. The van der Waals surface area contributed by atoms with Crippen molar-refractivity contribution in [1.82, 2.24) is 19.6 Å². The first-order valence-electron chi connectivity index (χ1n) is 8.86. The van der Waals surface area contributed by atoms with E-state index in [2.05, 4.69) is 5.10 Å². The molecule has 1 aliphatic carbocycles. The Labute approximate surface area is 157 Å². The molecule has 0 unspecified atom stereocenters. The minimum absolute atomic E-state index is 0.0311. The lowest BCUT2D eigenvalue weighted by Crippen LogP contribution is -2.51. The van der Waals surface area contributed by atoms with Crippen LogP contribution in [0.3, 0.4) is 0 Å². The molecule has 2 aliphatic rings. The van der Waals surface area contributed by atoms with Crippen molar-refractivity contribution in [2.45, 2.75) is 25.3 Å². The van der Waals surface area contributed by atoms with Gasteiger partial charge in [-0.25, -0.2) is 0 Å². The summed E-state index contributed by atoms with van der Waals surface area (Å²) in [4.78, 5) is 28.9. The summed E-state index contributed by atoms with van der Waals surface area (Å²) in [5.41, 5.74) is 2.56. The fourth-order valence-corrected chi connectivity index (χ4v) is 3.48. The van der Waals surface area contributed by atoms with Crippen LogP contribution in [0.2, 0.25) is 5.02 Å². The molecule has 136 valence electrons. The first kappa shape index (κ1) is 17.1. The number of hydrogen-bond donors (Lipinski definition) is 0. The maximum atomic E-state index is 12.9. The van der Waals surface area contributed by atoms with E-state index in [0.717, 1.165) is 24.1 Å². The zero-order chi connectivity index (χ0) is 18.3. The van der Waals surface area contributed by atoms with E-state index in [-0.39, 0.29) is 18.4 Å². The Hall–Kier alpha value is -2.34. The highest BCUT2D eigenvalue weighted by Crippen LogP contribution is 2.41. The molecule has 2 fully saturated rings. The zero-order valence-corrected chi connectivity index (χ0v) is 15.4. The van der Waals surface area contributed by atoms with Gasteiger partial charge in [-0.2, -0.15) is 5.10 Å². The van der Waals surface area contributed by atoms with Crippen molar-refractivity contribution in [3.05, 3.63) is 52.3 Å². The van der Waals surface area contributed by atoms with Gasteiger partial charge in [0.25, 0.3) is 5.91 Å². The Bertz CT molecular complexity index is 842. The van der Waals surface area contributed by atoms with E-state index in [1.807, 2.05) is 31.3 Å². The largest absolute Gasteiger partial charge is 0.335 e. The van der Waals surface area contributed by atoms with Crippen molar-refractivity contribution in [3.8, 4) is 0 Å². The lowest BCUT2D eigenvalue weighted by Gasteiger charge is -2.34. The minimum Gasteiger partial charge on any atom is -0.335 e. The number of nitrogens with zero attached hydrogens (tertiary/aromatic N) is 4. The molecule has 1 aromatic carbocycles. The quantitative estimate of drug-likeness (QED) is 0.828. The van der Waals surface area contributed by atoms with E-state index < -0.39 is 0 Å². The lowest BCUT2D eigenvalue weighted by atomic mass is 10.1. The smallest absolute Gasteiger partial charge is 0.257 e. The number of carbonyl (C=O) groups is 2. The monoisotopic (exact) mass is 372 g/mol. The van der Waals surface area contributed by atoms with Crippen LogP contribution in [0.4, 0.5) is 0 Å². The predicted molar refractivity (Wildman–Crippen MR) is 98.0 cm³/mol. The van der Waals surface area contributed by atoms with Crippen LogP contribution in [0.15, 0.2) is 30.5 Å². The summed E-state index contributed by atoms with van der Waals surface area (Å²) in [6.07, 6.45) is 3.96. The molecule has 0 radical (unpaired) electrons. The number of halogens is 1. The van der Waals surface area contributed by atoms with Crippen molar-refractivity contribution in [1.29, 1.82) is 0 Å². The number of amides is 2. The Balaban J connectivity index is 1.42. The lowest BCUT2D eigenvalue weighted by molar-refractivity contribution is -0.135. The van der Waals surface area contributed by atoms with Crippen molar-refractivity contribution in [2.75, 3.05) is 19.6 Å². The van der Waals surface area contributed by atoms with Gasteiger partial charge in [0, 0.05) is 43.8 Å². The molecule has 1 saturated heterocycles. The molecule has 0 atom stereocenters. The highest BCUT2D eigenvalue weighted by atomic mass is 35.5. The van der Waals surface area contributed by atoms with Crippen molar-refractivity contribution < 1.29 is 9.59 Å². The van der Waals surface area contributed by atoms with Gasteiger partial charge in [0.05, 0.1) is 11.3 Å². The molecule has 1 aliphatic heterocycles. The van der Waals surface area contributed by atoms with Gasteiger partial charge in [-0.15, -0.1) is 0 Å². The number of aryl methyl sites for hydroxylation is 1. The van der Waals surface area contributed by atoms with Crippen LogP contribution in [0.1, 0.15) is 40.4 Å². The number of hydrogen-bond acceptors (Lipinski definition) is 3. The summed E-state index contributed by atoms with van der Waals surface area (Å²) < 4.78 is 1.69. The molecule has 2 heterocycles. The molecule has 0 bridgehead atoms. The molecule has 2 aromatic rings. The maximum absolute atomic E-state index is 12.9. The molecule has 1 aromatic heterocycles. The van der Waals surface area contributed by atoms with Gasteiger partial charge in [0.15, 0.2) is 0 Å². The van der Waals surface area contributed by atoms with Crippen LogP contribution in [-0.4, -0.2) is 51.0 Å². The predicted octanol–water partition coefficient (Wildman–Crippen LogP) is 2.44. The Morgan fingerprint density at radius 2 is 1.96 bits per heavy atom. The first-order chi connectivity index (χ1) is 12.5. The van der Waals surface area contributed by atoms with Gasteiger partial charge in [0.1, 0.15) is 6.54 Å². The Kier molecular flexibility index (Phi) is 4.44. The van der Waals surface area contributed by atoms with Crippen LogP contribution < -0.4 is 0 Å². The summed E-state index contributed by atoms with van der Waals surface area (Å²) in [6, 6.07) is 7.49. The van der Waals surface area contributed by atoms with Crippen molar-refractivity contribution in [3.63, 3.8) is 0 Å². The van der Waals surface area contributed by atoms with E-state index in [1.165, 1.54) is 0 Å². The van der Waals surface area contributed by atoms with Gasteiger partial charge >= 0.3 is 0 Å². The van der Waals surface area contributed by atoms with Gasteiger partial charge in [-0.05, 0) is 30.5 Å². The average Bonchev–Trinajstić information content (AvgIpc) is 3.40. The first-order valence-corrected chi connectivity index (χ1v) is 9.24. The Morgan fingerprint density at radius 3 is 2.62 bits per heavy atom. The van der Waals surface area contributed by atoms with Gasteiger partial charge < -0.3 is 9.80 Å². The average molecular weight is 373 g/mol. The third-order valence-corrected chi connectivity index (χ3v) is 5.20. The van der Waals surface area contributed by atoms with E-state index in [9.17, 15) is 9.59 Å². The number of aromatic nitrogens is 2. The van der Waals surface area contributed by atoms with Crippen LogP contribution in [0, 0.1) is 0 Å². The molecule has 7 heteroatoms. The molecule has 4 rings (SSSR count). The highest BCUT2D eigenvalue weighted by Gasteiger charge is 2.34. The topological polar surface area (TPSA) is 58.4 Å². The normalized spacial score (nSPS) is 17.7. The fraction of sp³-hybridized carbons (Fsp3) is 0.421. The third-order valence-electron chi connectivity index (χ3n) is 4.94. The number of benzene rings is 1. The maximum Gasteiger partial charge on any atom is 0.257 e. The second-order valence-corrected chi connectivity index (χ2v) is 7.48. The molecule has 0 N–H and O–H groups in total. The van der Waals surface area contributed by atoms with E-state index >= 15 is 0 Å². The summed E-state index contributed by atoms with van der Waals surface area (Å²) in [5.74, 6) is 0.285. The van der Waals surface area contributed by atoms with Gasteiger partial charge in [0.2, 0.25) is 5.91 Å². The molecule has 0 spiro atoms. The zero-order valence-electron chi connectivity index (χ0n) is 14.7. The fourth-order valence-electron chi connectivity index (χ4n) is 3.36. The SMILES string of the molecule is Cn1cc(C(=O)N2CCN(Cc3ccc(Cl)cc3)C(=O)C2)c(C2CC2)n1. The van der Waals surface area contributed by atoms with Gasteiger partial charge in [-0.3, -0.25) is 14.3 Å². The second kappa shape index (κ2) is 6.76. The number of rotatable bonds is 4. The summed E-state index contributed by atoms with van der Waals surface area (Å²) in [7, 11) is 1.83. The van der Waals surface area contributed by atoms with E-state index in [4.69, 9.17) is 11.6 Å². The van der Waals surface area contributed by atoms with Gasteiger partial charge in [-0.1, -0.05) is 23.7 Å². The molecular weight excluding hydrogens is 352 g/mol. The summed E-state index contributed by atoms with van der Waals surface area (Å²) in [6.45, 7) is 1.73. The molecule has 26 heavy (non-hydrogen) atoms. The van der Waals surface area contributed by atoms with Crippen LogP contribution in [-0.2, 0) is 18.4 Å².